The quantitative estimate of drug-likeness (QED) is 0.654. The SMILES string of the molecule is CC(CCO)CNCC1CCOCO1. The third-order valence-electron chi connectivity index (χ3n) is 2.46. The van der Waals surface area contributed by atoms with Crippen LogP contribution in [0.5, 0.6) is 0 Å². The topological polar surface area (TPSA) is 50.7 Å². The predicted molar refractivity (Wildman–Crippen MR) is 54.0 cm³/mol. The molecule has 1 aliphatic rings. The number of nitrogens with one attached hydrogen (secondary N) is 1. The second-order valence-corrected chi connectivity index (χ2v) is 3.88. The fraction of sp³-hybridized carbons (Fsp3) is 1.00. The molecule has 0 aromatic heterocycles. The van der Waals surface area contributed by atoms with E-state index in [-0.39, 0.29) is 6.61 Å². The average Bonchev–Trinajstić information content (AvgIpc) is 2.20. The average molecular weight is 203 g/mol. The highest BCUT2D eigenvalue weighted by Gasteiger charge is 2.13. The molecule has 0 amide bonds. The van der Waals surface area contributed by atoms with Crippen LogP contribution in [0.4, 0.5) is 0 Å². The van der Waals surface area contributed by atoms with Crippen molar-refractivity contribution in [3.63, 3.8) is 0 Å². The summed E-state index contributed by atoms with van der Waals surface area (Å²) in [4.78, 5) is 0. The van der Waals surface area contributed by atoms with Crippen molar-refractivity contribution in [1.29, 1.82) is 0 Å². The number of aliphatic hydroxyl groups excluding tert-OH is 1. The van der Waals surface area contributed by atoms with E-state index >= 15 is 0 Å². The van der Waals surface area contributed by atoms with E-state index in [9.17, 15) is 0 Å². The number of hydrogen-bond acceptors (Lipinski definition) is 4. The molecule has 1 saturated heterocycles. The van der Waals surface area contributed by atoms with E-state index in [0.29, 0.717) is 18.8 Å². The number of rotatable bonds is 6. The molecule has 1 fully saturated rings. The predicted octanol–water partition coefficient (Wildman–Crippen LogP) is 0.357. The molecule has 2 atom stereocenters. The summed E-state index contributed by atoms with van der Waals surface area (Å²) in [5, 5.41) is 12.1. The molecule has 0 bridgehead atoms. The van der Waals surface area contributed by atoms with Crippen molar-refractivity contribution in [3.8, 4) is 0 Å². The molecule has 84 valence electrons. The van der Waals surface area contributed by atoms with Crippen LogP contribution in [0.25, 0.3) is 0 Å². The summed E-state index contributed by atoms with van der Waals surface area (Å²) < 4.78 is 10.5. The minimum absolute atomic E-state index is 0.274. The standard InChI is InChI=1S/C10H21NO3/c1-9(2-4-12)6-11-7-10-3-5-13-8-14-10/h9-12H,2-8H2,1H3. The fourth-order valence-electron chi connectivity index (χ4n) is 1.48. The highest BCUT2D eigenvalue weighted by atomic mass is 16.7. The van der Waals surface area contributed by atoms with Gasteiger partial charge >= 0.3 is 0 Å². The first-order valence-corrected chi connectivity index (χ1v) is 5.34. The van der Waals surface area contributed by atoms with E-state index in [4.69, 9.17) is 14.6 Å². The third-order valence-corrected chi connectivity index (χ3v) is 2.46. The van der Waals surface area contributed by atoms with Gasteiger partial charge in [0.15, 0.2) is 0 Å². The molecule has 2 unspecified atom stereocenters. The molecule has 0 aromatic rings. The first kappa shape index (κ1) is 11.9. The van der Waals surface area contributed by atoms with E-state index in [1.807, 2.05) is 0 Å². The van der Waals surface area contributed by atoms with Crippen LogP contribution >= 0.6 is 0 Å². The lowest BCUT2D eigenvalue weighted by Gasteiger charge is -2.23. The van der Waals surface area contributed by atoms with Gasteiger partial charge < -0.3 is 19.9 Å². The molecule has 14 heavy (non-hydrogen) atoms. The lowest BCUT2D eigenvalue weighted by molar-refractivity contribution is -0.137. The van der Waals surface area contributed by atoms with Gasteiger partial charge in [0.25, 0.3) is 0 Å². The maximum atomic E-state index is 8.72. The molecule has 0 spiro atoms. The summed E-state index contributed by atoms with van der Waals surface area (Å²) in [6.07, 6.45) is 2.13. The number of aliphatic hydroxyl groups is 1. The normalized spacial score (nSPS) is 24.9. The zero-order valence-corrected chi connectivity index (χ0v) is 8.87. The van der Waals surface area contributed by atoms with E-state index in [1.54, 1.807) is 0 Å². The highest BCUT2D eigenvalue weighted by Crippen LogP contribution is 2.05. The van der Waals surface area contributed by atoms with E-state index in [0.717, 1.165) is 32.5 Å². The second-order valence-electron chi connectivity index (χ2n) is 3.88. The van der Waals surface area contributed by atoms with Crippen molar-refractivity contribution < 1.29 is 14.6 Å². The highest BCUT2D eigenvalue weighted by molar-refractivity contribution is 4.65. The first-order chi connectivity index (χ1) is 6.83. The molecular formula is C10H21NO3. The Morgan fingerprint density at radius 1 is 1.57 bits per heavy atom. The second kappa shape index (κ2) is 7.17. The minimum atomic E-state index is 0.274. The number of hydrogen-bond donors (Lipinski definition) is 2. The number of ether oxygens (including phenoxy) is 2. The monoisotopic (exact) mass is 203 g/mol. The van der Waals surface area contributed by atoms with Gasteiger partial charge in [0.05, 0.1) is 12.7 Å². The van der Waals surface area contributed by atoms with Crippen molar-refractivity contribution in [2.75, 3.05) is 33.1 Å². The Morgan fingerprint density at radius 3 is 3.07 bits per heavy atom. The van der Waals surface area contributed by atoms with Crippen LogP contribution in [-0.4, -0.2) is 44.3 Å². The van der Waals surface area contributed by atoms with Crippen molar-refractivity contribution in [1.82, 2.24) is 5.32 Å². The molecule has 0 aliphatic carbocycles. The van der Waals surface area contributed by atoms with Crippen LogP contribution in [0.15, 0.2) is 0 Å². The zero-order valence-electron chi connectivity index (χ0n) is 8.87. The van der Waals surface area contributed by atoms with Crippen molar-refractivity contribution in [3.05, 3.63) is 0 Å². The molecule has 2 N–H and O–H groups in total. The van der Waals surface area contributed by atoms with Crippen molar-refractivity contribution in [2.24, 2.45) is 5.92 Å². The lowest BCUT2D eigenvalue weighted by atomic mass is 10.1. The molecule has 0 radical (unpaired) electrons. The van der Waals surface area contributed by atoms with Gasteiger partial charge in [0.2, 0.25) is 0 Å². The molecule has 0 aromatic carbocycles. The Bertz CT molecular complexity index is 137. The maximum Gasteiger partial charge on any atom is 0.147 e. The van der Waals surface area contributed by atoms with Gasteiger partial charge in [0, 0.05) is 13.2 Å². The van der Waals surface area contributed by atoms with Gasteiger partial charge in [-0.1, -0.05) is 6.92 Å². The van der Waals surface area contributed by atoms with Crippen molar-refractivity contribution in [2.45, 2.75) is 25.9 Å². The molecule has 4 nitrogen and oxygen atoms in total. The van der Waals surface area contributed by atoms with Gasteiger partial charge in [-0.05, 0) is 25.3 Å². The fourth-order valence-corrected chi connectivity index (χ4v) is 1.48. The van der Waals surface area contributed by atoms with Crippen LogP contribution in [0.2, 0.25) is 0 Å². The molecule has 1 rings (SSSR count). The van der Waals surface area contributed by atoms with Gasteiger partial charge in [-0.15, -0.1) is 0 Å². The van der Waals surface area contributed by atoms with Crippen molar-refractivity contribution >= 4 is 0 Å². The molecule has 1 heterocycles. The Kier molecular flexibility index (Phi) is 6.10. The van der Waals surface area contributed by atoms with Gasteiger partial charge in [0.1, 0.15) is 6.79 Å². The molecule has 0 saturated carbocycles. The Balaban J connectivity index is 1.96. The van der Waals surface area contributed by atoms with Gasteiger partial charge in [-0.2, -0.15) is 0 Å². The van der Waals surface area contributed by atoms with Crippen LogP contribution < -0.4 is 5.32 Å². The van der Waals surface area contributed by atoms with E-state index in [1.165, 1.54) is 0 Å². The van der Waals surface area contributed by atoms with E-state index < -0.39 is 0 Å². The zero-order chi connectivity index (χ0) is 10.2. The van der Waals surface area contributed by atoms with Crippen LogP contribution in [0.3, 0.4) is 0 Å². The summed E-state index contributed by atoms with van der Waals surface area (Å²) in [5.41, 5.74) is 0. The summed E-state index contributed by atoms with van der Waals surface area (Å²) >= 11 is 0. The molecule has 1 aliphatic heterocycles. The van der Waals surface area contributed by atoms with Crippen LogP contribution in [0, 0.1) is 5.92 Å². The van der Waals surface area contributed by atoms with Gasteiger partial charge in [-0.3, -0.25) is 0 Å². The largest absolute Gasteiger partial charge is 0.396 e. The first-order valence-electron chi connectivity index (χ1n) is 5.34. The summed E-state index contributed by atoms with van der Waals surface area (Å²) in [5.74, 6) is 0.528. The summed E-state index contributed by atoms with van der Waals surface area (Å²) in [7, 11) is 0. The van der Waals surface area contributed by atoms with Crippen LogP contribution in [-0.2, 0) is 9.47 Å². The molecule has 4 heteroatoms. The summed E-state index contributed by atoms with van der Waals surface area (Å²) in [6, 6.07) is 0. The third kappa shape index (κ3) is 4.91. The molecular weight excluding hydrogens is 182 g/mol. The van der Waals surface area contributed by atoms with E-state index in [2.05, 4.69) is 12.2 Å². The van der Waals surface area contributed by atoms with Crippen LogP contribution in [0.1, 0.15) is 19.8 Å². The minimum Gasteiger partial charge on any atom is -0.396 e. The smallest absolute Gasteiger partial charge is 0.147 e. The Morgan fingerprint density at radius 2 is 2.43 bits per heavy atom. The lowest BCUT2D eigenvalue weighted by Crippen LogP contribution is -2.35. The Labute approximate surface area is 85.6 Å². The maximum absolute atomic E-state index is 8.72. The van der Waals surface area contributed by atoms with Gasteiger partial charge in [-0.25, -0.2) is 0 Å². The Hall–Kier alpha value is -0.160. The summed E-state index contributed by atoms with van der Waals surface area (Å²) in [6.45, 7) is 5.47.